The molecule has 8 heteroatoms. The molecule has 132 valence electrons. The predicted molar refractivity (Wildman–Crippen MR) is 94.5 cm³/mol. The highest BCUT2D eigenvalue weighted by atomic mass is 16.5. The number of aromatic amines is 1. The van der Waals surface area contributed by atoms with Gasteiger partial charge < -0.3 is 18.7 Å². The molecule has 0 aliphatic heterocycles. The van der Waals surface area contributed by atoms with Crippen LogP contribution in [-0.4, -0.2) is 41.7 Å². The van der Waals surface area contributed by atoms with Gasteiger partial charge in [-0.3, -0.25) is 5.10 Å². The molecule has 0 amide bonds. The van der Waals surface area contributed by atoms with Crippen molar-refractivity contribution < 1.29 is 18.7 Å². The van der Waals surface area contributed by atoms with Crippen molar-refractivity contribution in [3.63, 3.8) is 0 Å². The minimum atomic E-state index is 0.533. The molecule has 0 saturated carbocycles. The van der Waals surface area contributed by atoms with Gasteiger partial charge in [-0.05, 0) is 18.2 Å². The minimum Gasteiger partial charge on any atom is -0.493 e. The third-order valence-electron chi connectivity index (χ3n) is 4.13. The summed E-state index contributed by atoms with van der Waals surface area (Å²) in [5, 5.41) is 11.9. The molecule has 0 saturated heterocycles. The smallest absolute Gasteiger partial charge is 0.203 e. The van der Waals surface area contributed by atoms with Gasteiger partial charge in [0.1, 0.15) is 6.26 Å². The molecule has 0 spiro atoms. The first-order valence-corrected chi connectivity index (χ1v) is 7.79. The maximum atomic E-state index is 5.44. The fourth-order valence-electron chi connectivity index (χ4n) is 2.85. The van der Waals surface area contributed by atoms with Crippen molar-refractivity contribution in [2.24, 2.45) is 0 Å². The van der Waals surface area contributed by atoms with Gasteiger partial charge in [-0.2, -0.15) is 5.10 Å². The van der Waals surface area contributed by atoms with Crippen molar-refractivity contribution in [3.05, 3.63) is 36.9 Å². The summed E-state index contributed by atoms with van der Waals surface area (Å²) in [5.41, 5.74) is 3.97. The number of pyridine rings is 1. The van der Waals surface area contributed by atoms with E-state index in [0.717, 1.165) is 27.8 Å². The Morgan fingerprint density at radius 3 is 2.27 bits per heavy atom. The molecule has 0 aliphatic rings. The van der Waals surface area contributed by atoms with E-state index in [-0.39, 0.29) is 0 Å². The fourth-order valence-corrected chi connectivity index (χ4v) is 2.85. The quantitative estimate of drug-likeness (QED) is 0.589. The standard InChI is InChI=1S/C18H16N4O4/c1-23-14-5-10(6-15(24-2)17(14)25-3)16-13-4-11(12-8-20-26-9-12)7-19-18(13)22-21-16/h4-9H,1-3H3,(H,19,21,22). The number of methoxy groups -OCH3 is 3. The second-order valence-electron chi connectivity index (χ2n) is 5.52. The SMILES string of the molecule is COc1cc(-c2[nH]nc3ncc(-c4cnoc4)cc23)cc(OC)c1OC. The number of benzene rings is 1. The van der Waals surface area contributed by atoms with Crippen molar-refractivity contribution in [1.82, 2.24) is 20.3 Å². The highest BCUT2D eigenvalue weighted by molar-refractivity contribution is 5.94. The Hall–Kier alpha value is -3.55. The molecule has 0 fully saturated rings. The van der Waals surface area contributed by atoms with Crippen molar-refractivity contribution in [2.45, 2.75) is 0 Å². The van der Waals surface area contributed by atoms with Crippen LogP contribution >= 0.6 is 0 Å². The first-order valence-electron chi connectivity index (χ1n) is 7.79. The highest BCUT2D eigenvalue weighted by Gasteiger charge is 2.17. The number of ether oxygens (including phenoxy) is 3. The molecule has 0 aliphatic carbocycles. The lowest BCUT2D eigenvalue weighted by Crippen LogP contribution is -1.96. The van der Waals surface area contributed by atoms with Crippen LogP contribution in [0.3, 0.4) is 0 Å². The van der Waals surface area contributed by atoms with E-state index in [0.29, 0.717) is 22.9 Å². The third-order valence-corrected chi connectivity index (χ3v) is 4.13. The zero-order valence-corrected chi connectivity index (χ0v) is 14.4. The highest BCUT2D eigenvalue weighted by Crippen LogP contribution is 2.42. The van der Waals surface area contributed by atoms with Crippen LogP contribution in [0.4, 0.5) is 0 Å². The molecule has 0 atom stereocenters. The van der Waals surface area contributed by atoms with Gasteiger partial charge in [-0.25, -0.2) is 4.98 Å². The molecule has 0 radical (unpaired) electrons. The molecular weight excluding hydrogens is 336 g/mol. The first kappa shape index (κ1) is 15.9. The van der Waals surface area contributed by atoms with Gasteiger partial charge in [0.15, 0.2) is 17.1 Å². The molecule has 26 heavy (non-hydrogen) atoms. The Balaban J connectivity index is 1.90. The maximum Gasteiger partial charge on any atom is 0.203 e. The summed E-state index contributed by atoms with van der Waals surface area (Å²) in [7, 11) is 4.73. The summed E-state index contributed by atoms with van der Waals surface area (Å²) in [6.45, 7) is 0. The zero-order valence-electron chi connectivity index (χ0n) is 14.4. The van der Waals surface area contributed by atoms with Gasteiger partial charge in [-0.1, -0.05) is 5.16 Å². The molecule has 0 bridgehead atoms. The first-order chi connectivity index (χ1) is 12.7. The van der Waals surface area contributed by atoms with Crippen LogP contribution < -0.4 is 14.2 Å². The molecular formula is C18H16N4O4. The summed E-state index contributed by atoms with van der Waals surface area (Å²) in [6, 6.07) is 5.71. The van der Waals surface area contributed by atoms with Crippen molar-refractivity contribution in [3.8, 4) is 39.6 Å². The Labute approximate surface area is 148 Å². The number of fused-ring (bicyclic) bond motifs is 1. The normalized spacial score (nSPS) is 10.9. The average Bonchev–Trinajstić information content (AvgIpc) is 3.36. The van der Waals surface area contributed by atoms with Gasteiger partial charge in [-0.15, -0.1) is 0 Å². The Morgan fingerprint density at radius 2 is 1.65 bits per heavy atom. The number of hydrogen-bond acceptors (Lipinski definition) is 7. The molecule has 1 N–H and O–H groups in total. The van der Waals surface area contributed by atoms with Crippen LogP contribution in [0.1, 0.15) is 0 Å². The van der Waals surface area contributed by atoms with Crippen LogP contribution in [0.15, 0.2) is 41.4 Å². The number of nitrogens with zero attached hydrogens (tertiary/aromatic N) is 3. The Bertz CT molecular complexity index is 1030. The number of rotatable bonds is 5. The van der Waals surface area contributed by atoms with Crippen LogP contribution in [0, 0.1) is 0 Å². The van der Waals surface area contributed by atoms with E-state index in [4.69, 9.17) is 18.7 Å². The molecule has 4 aromatic rings. The summed E-state index contributed by atoms with van der Waals surface area (Å²) >= 11 is 0. The van der Waals surface area contributed by atoms with Gasteiger partial charge >= 0.3 is 0 Å². The van der Waals surface area contributed by atoms with Gasteiger partial charge in [0.2, 0.25) is 5.75 Å². The molecule has 4 rings (SSSR count). The van der Waals surface area contributed by atoms with Gasteiger partial charge in [0.05, 0.1) is 33.2 Å². The van der Waals surface area contributed by atoms with Crippen LogP contribution in [0.25, 0.3) is 33.4 Å². The second-order valence-corrected chi connectivity index (χ2v) is 5.52. The lowest BCUT2D eigenvalue weighted by atomic mass is 10.1. The summed E-state index contributed by atoms with van der Waals surface area (Å²) < 4.78 is 21.2. The van der Waals surface area contributed by atoms with E-state index >= 15 is 0 Å². The fraction of sp³-hybridized carbons (Fsp3) is 0.167. The lowest BCUT2D eigenvalue weighted by Gasteiger charge is -2.13. The van der Waals surface area contributed by atoms with E-state index in [1.54, 1.807) is 40.0 Å². The summed E-state index contributed by atoms with van der Waals surface area (Å²) in [5.74, 6) is 1.66. The second kappa shape index (κ2) is 6.40. The lowest BCUT2D eigenvalue weighted by molar-refractivity contribution is 0.324. The largest absolute Gasteiger partial charge is 0.493 e. The van der Waals surface area contributed by atoms with Crippen LogP contribution in [-0.2, 0) is 0 Å². The molecule has 8 nitrogen and oxygen atoms in total. The summed E-state index contributed by atoms with van der Waals surface area (Å²) in [6.07, 6.45) is 4.94. The van der Waals surface area contributed by atoms with Crippen LogP contribution in [0.2, 0.25) is 0 Å². The minimum absolute atomic E-state index is 0.533. The van der Waals surface area contributed by atoms with Gasteiger partial charge in [0, 0.05) is 28.3 Å². The van der Waals surface area contributed by atoms with E-state index in [9.17, 15) is 0 Å². The summed E-state index contributed by atoms with van der Waals surface area (Å²) in [4.78, 5) is 4.40. The van der Waals surface area contributed by atoms with Crippen molar-refractivity contribution in [1.29, 1.82) is 0 Å². The van der Waals surface area contributed by atoms with Crippen molar-refractivity contribution >= 4 is 11.0 Å². The number of aromatic nitrogens is 4. The van der Waals surface area contributed by atoms with E-state index in [2.05, 4.69) is 20.3 Å². The molecule has 3 aromatic heterocycles. The Morgan fingerprint density at radius 1 is 0.885 bits per heavy atom. The van der Waals surface area contributed by atoms with Gasteiger partial charge in [0.25, 0.3) is 0 Å². The van der Waals surface area contributed by atoms with Crippen molar-refractivity contribution in [2.75, 3.05) is 21.3 Å². The number of hydrogen-bond donors (Lipinski definition) is 1. The van der Waals surface area contributed by atoms with E-state index in [1.165, 1.54) is 0 Å². The Kier molecular flexibility index (Phi) is 3.92. The van der Waals surface area contributed by atoms with E-state index in [1.807, 2.05) is 18.2 Å². The average molecular weight is 352 g/mol. The zero-order chi connectivity index (χ0) is 18.1. The van der Waals surface area contributed by atoms with Crippen LogP contribution in [0.5, 0.6) is 17.2 Å². The predicted octanol–water partition coefficient (Wildman–Crippen LogP) is 3.31. The number of H-pyrrole nitrogens is 1. The molecule has 0 unspecified atom stereocenters. The number of nitrogens with one attached hydrogen (secondary N) is 1. The third kappa shape index (κ3) is 2.52. The maximum absolute atomic E-state index is 5.44. The molecule has 3 heterocycles. The topological polar surface area (TPSA) is 95.3 Å². The van der Waals surface area contributed by atoms with E-state index < -0.39 is 0 Å². The monoisotopic (exact) mass is 352 g/mol. The molecule has 1 aromatic carbocycles.